The van der Waals surface area contributed by atoms with Gasteiger partial charge in [-0.15, -0.1) is 0 Å². The minimum absolute atomic E-state index is 0.501. The second kappa shape index (κ2) is 4.46. The molecular formula is C2H4BBrClNO. The number of amides is 1. The molecule has 0 aliphatic rings. The fourth-order valence-electron chi connectivity index (χ4n) is 0.146. The van der Waals surface area contributed by atoms with Crippen LogP contribution in [0.4, 0.5) is 4.79 Å². The van der Waals surface area contributed by atoms with Crippen molar-refractivity contribution in [2.24, 2.45) is 0 Å². The van der Waals surface area contributed by atoms with E-state index in [2.05, 4.69) is 21.2 Å². The van der Waals surface area contributed by atoms with Crippen LogP contribution in [0.5, 0.6) is 0 Å². The van der Waals surface area contributed by atoms with Crippen molar-refractivity contribution in [1.82, 2.24) is 5.23 Å². The average molecular weight is 184 g/mol. The SMILES string of the molecule is O=C(Cl)NBCBr. The Balaban J connectivity index is 2.82. The monoisotopic (exact) mass is 183 g/mol. The highest BCUT2D eigenvalue weighted by molar-refractivity contribution is 9.09. The van der Waals surface area contributed by atoms with E-state index in [-0.39, 0.29) is 0 Å². The van der Waals surface area contributed by atoms with Crippen molar-refractivity contribution in [3.8, 4) is 0 Å². The van der Waals surface area contributed by atoms with Crippen LogP contribution in [0.2, 0.25) is 0 Å². The van der Waals surface area contributed by atoms with Gasteiger partial charge in [-0.25, -0.2) is 0 Å². The Bertz CT molecular complexity index is 70.7. The van der Waals surface area contributed by atoms with Crippen LogP contribution in [-0.4, -0.2) is 18.0 Å². The van der Waals surface area contributed by atoms with E-state index < -0.39 is 5.37 Å². The summed E-state index contributed by atoms with van der Waals surface area (Å²) in [7, 11) is 0.586. The van der Waals surface area contributed by atoms with Gasteiger partial charge in [0.1, 0.15) is 0 Å². The summed E-state index contributed by atoms with van der Waals surface area (Å²) < 4.78 is 0. The molecule has 5 heteroatoms. The number of carbonyl (C=O) groups excluding carboxylic acids is 1. The van der Waals surface area contributed by atoms with Crippen LogP contribution < -0.4 is 5.23 Å². The van der Waals surface area contributed by atoms with E-state index in [1.807, 2.05) is 0 Å². The van der Waals surface area contributed by atoms with Gasteiger partial charge < -0.3 is 5.23 Å². The Morgan fingerprint density at radius 1 is 2.00 bits per heavy atom. The van der Waals surface area contributed by atoms with Crippen molar-refractivity contribution in [3.63, 3.8) is 0 Å². The van der Waals surface area contributed by atoms with Gasteiger partial charge in [-0.3, -0.25) is 4.79 Å². The fraction of sp³-hybridized carbons (Fsp3) is 0.500. The molecule has 0 radical (unpaired) electrons. The Morgan fingerprint density at radius 2 is 2.57 bits per heavy atom. The lowest BCUT2D eigenvalue weighted by atomic mass is 10.0. The van der Waals surface area contributed by atoms with Crippen molar-refractivity contribution in [2.45, 2.75) is 0 Å². The lowest BCUT2D eigenvalue weighted by Gasteiger charge is -1.87. The maximum Gasteiger partial charge on any atom is 0.301 e. The van der Waals surface area contributed by atoms with Crippen molar-refractivity contribution in [3.05, 3.63) is 0 Å². The Hall–Kier alpha value is 0.305. The average Bonchev–Trinajstić information content (AvgIpc) is 1.61. The van der Waals surface area contributed by atoms with Crippen LogP contribution in [0.1, 0.15) is 0 Å². The van der Waals surface area contributed by atoms with Crippen molar-refractivity contribution in [2.75, 3.05) is 5.23 Å². The van der Waals surface area contributed by atoms with Gasteiger partial charge in [0, 0.05) is 0 Å². The standard InChI is InChI=1S/C2H4BBrClNO/c4-1-3-6-2(5)7/h3H,1H2,(H,6,7). The first-order valence-electron chi connectivity index (χ1n) is 1.76. The predicted octanol–water partition coefficient (Wildman–Crippen LogP) is 0.639. The summed E-state index contributed by atoms with van der Waals surface area (Å²) in [6, 6.07) is 0. The summed E-state index contributed by atoms with van der Waals surface area (Å²) in [5.41, 5.74) is 0. The number of halogens is 2. The summed E-state index contributed by atoms with van der Waals surface area (Å²) in [5, 5.41) is 2.62. The molecule has 0 rings (SSSR count). The minimum atomic E-state index is -0.501. The molecule has 0 atom stereocenters. The topological polar surface area (TPSA) is 29.1 Å². The molecule has 0 spiro atoms. The first-order valence-corrected chi connectivity index (χ1v) is 3.26. The molecule has 40 valence electrons. The molecule has 1 N–H and O–H groups in total. The molecule has 0 bridgehead atoms. The third kappa shape index (κ3) is 6.30. The number of rotatable bonds is 2. The van der Waals surface area contributed by atoms with Crippen molar-refractivity contribution in [1.29, 1.82) is 0 Å². The van der Waals surface area contributed by atoms with Crippen LogP contribution >= 0.6 is 27.5 Å². The molecular weight excluding hydrogens is 180 g/mol. The molecule has 0 fully saturated rings. The summed E-state index contributed by atoms with van der Waals surface area (Å²) in [5.74, 6) is 0. The van der Waals surface area contributed by atoms with Crippen LogP contribution in [0.15, 0.2) is 0 Å². The van der Waals surface area contributed by atoms with Crippen LogP contribution in [0.3, 0.4) is 0 Å². The van der Waals surface area contributed by atoms with E-state index >= 15 is 0 Å². The van der Waals surface area contributed by atoms with Gasteiger partial charge in [-0.2, -0.15) is 0 Å². The Kier molecular flexibility index (Phi) is 4.66. The summed E-state index contributed by atoms with van der Waals surface area (Å²) >= 11 is 7.99. The third-order valence-corrected chi connectivity index (χ3v) is 0.889. The first kappa shape index (κ1) is 7.30. The molecule has 2 nitrogen and oxygen atoms in total. The van der Waals surface area contributed by atoms with E-state index in [0.29, 0.717) is 7.41 Å². The van der Waals surface area contributed by atoms with E-state index in [0.717, 1.165) is 5.23 Å². The third-order valence-electron chi connectivity index (χ3n) is 0.358. The van der Waals surface area contributed by atoms with Crippen LogP contribution in [0.25, 0.3) is 0 Å². The molecule has 0 aromatic heterocycles. The molecule has 0 heterocycles. The summed E-state index contributed by atoms with van der Waals surface area (Å²) in [4.78, 5) is 9.84. The summed E-state index contributed by atoms with van der Waals surface area (Å²) in [6.45, 7) is 0. The predicted molar refractivity (Wildman–Crippen MR) is 35.3 cm³/mol. The molecule has 1 amide bonds. The van der Waals surface area contributed by atoms with Crippen molar-refractivity contribution < 1.29 is 4.79 Å². The van der Waals surface area contributed by atoms with Crippen molar-refractivity contribution >= 4 is 40.3 Å². The maximum absolute atomic E-state index is 9.84. The second-order valence-corrected chi connectivity index (χ2v) is 2.03. The van der Waals surface area contributed by atoms with Crippen LogP contribution in [-0.2, 0) is 0 Å². The molecule has 0 saturated carbocycles. The number of hydrogen-bond acceptors (Lipinski definition) is 1. The zero-order valence-corrected chi connectivity index (χ0v) is 5.92. The van der Waals surface area contributed by atoms with E-state index in [9.17, 15) is 4.79 Å². The van der Waals surface area contributed by atoms with E-state index in [1.165, 1.54) is 0 Å². The van der Waals surface area contributed by atoms with E-state index in [1.54, 1.807) is 0 Å². The highest BCUT2D eigenvalue weighted by atomic mass is 79.9. The number of hydrogen-bond donors (Lipinski definition) is 1. The normalized spacial score (nSPS) is 7.71. The molecule has 0 saturated heterocycles. The van der Waals surface area contributed by atoms with Gasteiger partial charge in [-0.05, 0) is 16.8 Å². The first-order chi connectivity index (χ1) is 3.27. The quantitative estimate of drug-likeness (QED) is 0.290. The number of carbonyl (C=O) groups is 1. The summed E-state index contributed by atoms with van der Waals surface area (Å²) in [6.07, 6.45) is 0. The molecule has 7 heavy (non-hydrogen) atoms. The maximum atomic E-state index is 9.84. The highest BCUT2D eigenvalue weighted by Crippen LogP contribution is 1.76. The number of alkyl halides is 1. The van der Waals surface area contributed by atoms with Crippen LogP contribution in [0, 0.1) is 0 Å². The zero-order valence-electron chi connectivity index (χ0n) is 3.58. The van der Waals surface area contributed by atoms with Gasteiger partial charge in [-0.1, -0.05) is 15.9 Å². The van der Waals surface area contributed by atoms with Gasteiger partial charge >= 0.3 is 5.37 Å². The highest BCUT2D eigenvalue weighted by Gasteiger charge is 1.89. The molecule has 0 aliphatic carbocycles. The Labute approximate surface area is 56.0 Å². The van der Waals surface area contributed by atoms with Gasteiger partial charge in [0.25, 0.3) is 0 Å². The fourth-order valence-corrected chi connectivity index (χ4v) is 0.438. The lowest BCUT2D eigenvalue weighted by molar-refractivity contribution is 0.264. The smallest absolute Gasteiger partial charge is 0.301 e. The molecule has 0 aliphatic heterocycles. The van der Waals surface area contributed by atoms with Gasteiger partial charge in [0.05, 0.1) is 0 Å². The molecule has 0 unspecified atom stereocenters. The molecule has 0 aromatic carbocycles. The van der Waals surface area contributed by atoms with Gasteiger partial charge in [0.2, 0.25) is 7.41 Å². The zero-order chi connectivity index (χ0) is 5.70. The lowest BCUT2D eigenvalue weighted by Crippen LogP contribution is -2.22. The second-order valence-electron chi connectivity index (χ2n) is 0.889. The minimum Gasteiger partial charge on any atom is -0.388 e. The van der Waals surface area contributed by atoms with Gasteiger partial charge in [0.15, 0.2) is 0 Å². The largest absolute Gasteiger partial charge is 0.388 e. The Morgan fingerprint density at radius 3 is 2.71 bits per heavy atom. The number of nitrogens with one attached hydrogen (secondary N) is 1. The molecule has 0 aromatic rings. The van der Waals surface area contributed by atoms with E-state index in [4.69, 9.17) is 11.6 Å².